The molecule has 140 valence electrons. The van der Waals surface area contributed by atoms with Crippen LogP contribution in [0.1, 0.15) is 42.4 Å². The molecule has 3 aromatic rings. The first kappa shape index (κ1) is 18.9. The maximum absolute atomic E-state index is 12.4. The predicted octanol–water partition coefficient (Wildman–Crippen LogP) is 4.36. The summed E-state index contributed by atoms with van der Waals surface area (Å²) >= 11 is 0. The van der Waals surface area contributed by atoms with E-state index in [2.05, 4.69) is 67.6 Å². The van der Waals surface area contributed by atoms with E-state index in [4.69, 9.17) is 0 Å². The van der Waals surface area contributed by atoms with Gasteiger partial charge in [0.1, 0.15) is 0 Å². The lowest BCUT2D eigenvalue weighted by Gasteiger charge is -2.19. The third kappa shape index (κ3) is 4.64. The normalized spacial score (nSPS) is 11.4. The molecule has 4 nitrogen and oxygen atoms in total. The molecule has 0 bridgehead atoms. The molecule has 0 fully saturated rings. The Balaban J connectivity index is 1.67. The van der Waals surface area contributed by atoms with E-state index >= 15 is 0 Å². The first-order valence-corrected chi connectivity index (χ1v) is 9.32. The molecule has 0 spiro atoms. The highest BCUT2D eigenvalue weighted by Crippen LogP contribution is 2.26. The molecule has 0 saturated heterocycles. The van der Waals surface area contributed by atoms with Crippen molar-refractivity contribution in [2.24, 2.45) is 7.05 Å². The summed E-state index contributed by atoms with van der Waals surface area (Å²) in [6, 6.07) is 20.4. The lowest BCUT2D eigenvalue weighted by atomic mass is 9.86. The third-order valence-electron chi connectivity index (χ3n) is 4.70. The molecule has 1 amide bonds. The van der Waals surface area contributed by atoms with Crippen molar-refractivity contribution in [3.05, 3.63) is 77.5 Å². The van der Waals surface area contributed by atoms with E-state index in [1.807, 2.05) is 31.3 Å². The Kier molecular flexibility index (Phi) is 5.45. The topological polar surface area (TPSA) is 46.9 Å². The van der Waals surface area contributed by atoms with Crippen molar-refractivity contribution < 1.29 is 4.79 Å². The van der Waals surface area contributed by atoms with E-state index in [9.17, 15) is 4.79 Å². The molecule has 2 aromatic carbocycles. The summed E-state index contributed by atoms with van der Waals surface area (Å²) in [4.78, 5) is 12.4. The Morgan fingerprint density at radius 3 is 2.33 bits per heavy atom. The number of rotatable bonds is 5. The lowest BCUT2D eigenvalue weighted by molar-refractivity contribution is 0.0948. The van der Waals surface area contributed by atoms with Crippen molar-refractivity contribution in [3.63, 3.8) is 0 Å². The number of carbonyl (C=O) groups excluding carboxylic acids is 1. The van der Waals surface area contributed by atoms with Crippen molar-refractivity contribution in [2.45, 2.75) is 32.6 Å². The molecule has 27 heavy (non-hydrogen) atoms. The third-order valence-corrected chi connectivity index (χ3v) is 4.70. The fourth-order valence-corrected chi connectivity index (χ4v) is 3.04. The van der Waals surface area contributed by atoms with Crippen LogP contribution in [0.4, 0.5) is 0 Å². The maximum Gasteiger partial charge on any atom is 0.271 e. The zero-order chi connectivity index (χ0) is 19.4. The molecule has 0 radical (unpaired) electrons. The van der Waals surface area contributed by atoms with E-state index in [0.29, 0.717) is 12.2 Å². The molecule has 0 aliphatic rings. The first-order valence-electron chi connectivity index (χ1n) is 9.32. The monoisotopic (exact) mass is 361 g/mol. The van der Waals surface area contributed by atoms with Gasteiger partial charge in [-0.05, 0) is 34.6 Å². The van der Waals surface area contributed by atoms with Crippen LogP contribution in [0.25, 0.3) is 11.3 Å². The largest absolute Gasteiger partial charge is 0.350 e. The number of aryl methyl sites for hydroxylation is 1. The van der Waals surface area contributed by atoms with Gasteiger partial charge >= 0.3 is 0 Å². The van der Waals surface area contributed by atoms with E-state index in [1.165, 1.54) is 11.1 Å². The molecule has 0 unspecified atom stereocenters. The molecule has 0 atom stereocenters. The second-order valence-electron chi connectivity index (χ2n) is 7.86. The summed E-state index contributed by atoms with van der Waals surface area (Å²) in [5.74, 6) is -0.140. The number of hydrogen-bond acceptors (Lipinski definition) is 2. The molecule has 4 heteroatoms. The van der Waals surface area contributed by atoms with Gasteiger partial charge in [0, 0.05) is 13.6 Å². The quantitative estimate of drug-likeness (QED) is 0.734. The number of amides is 1. The van der Waals surface area contributed by atoms with Crippen LogP contribution in [0, 0.1) is 0 Å². The highest BCUT2D eigenvalue weighted by atomic mass is 16.1. The van der Waals surface area contributed by atoms with Gasteiger partial charge in [-0.1, -0.05) is 75.4 Å². The van der Waals surface area contributed by atoms with Crippen LogP contribution in [0.5, 0.6) is 0 Å². The highest BCUT2D eigenvalue weighted by Gasteiger charge is 2.16. The van der Waals surface area contributed by atoms with Crippen LogP contribution in [0.15, 0.2) is 60.7 Å². The molecular formula is C23H27N3O. The molecule has 0 aliphatic carbocycles. The minimum atomic E-state index is -0.140. The maximum atomic E-state index is 12.4. The number of hydrogen-bond donors (Lipinski definition) is 1. The smallest absolute Gasteiger partial charge is 0.271 e. The molecule has 1 aromatic heterocycles. The number of nitrogens with zero attached hydrogens (tertiary/aromatic N) is 2. The van der Waals surface area contributed by atoms with Crippen LogP contribution in [-0.2, 0) is 18.9 Å². The summed E-state index contributed by atoms with van der Waals surface area (Å²) in [7, 11) is 1.87. The van der Waals surface area contributed by atoms with E-state index in [0.717, 1.165) is 17.7 Å². The van der Waals surface area contributed by atoms with Gasteiger partial charge in [-0.15, -0.1) is 0 Å². The lowest BCUT2D eigenvalue weighted by Crippen LogP contribution is -2.26. The van der Waals surface area contributed by atoms with Gasteiger partial charge in [-0.2, -0.15) is 5.10 Å². The van der Waals surface area contributed by atoms with Crippen molar-refractivity contribution in [1.82, 2.24) is 15.1 Å². The summed E-state index contributed by atoms with van der Waals surface area (Å²) in [6.45, 7) is 7.19. The number of nitrogens with one attached hydrogen (secondary N) is 1. The SMILES string of the molecule is Cn1nc(C(=O)NCCc2ccccc2)cc1-c1ccc(C(C)(C)C)cc1. The number of benzene rings is 2. The highest BCUT2D eigenvalue weighted by molar-refractivity contribution is 5.93. The number of carbonyl (C=O) groups is 1. The van der Waals surface area contributed by atoms with Gasteiger partial charge in [-0.25, -0.2) is 0 Å². The molecule has 1 N–H and O–H groups in total. The molecular weight excluding hydrogens is 334 g/mol. The second-order valence-corrected chi connectivity index (χ2v) is 7.86. The Bertz CT molecular complexity index is 903. The Morgan fingerprint density at radius 1 is 1.04 bits per heavy atom. The van der Waals surface area contributed by atoms with E-state index < -0.39 is 0 Å². The first-order chi connectivity index (χ1) is 12.8. The number of aromatic nitrogens is 2. The van der Waals surface area contributed by atoms with Crippen molar-refractivity contribution in [1.29, 1.82) is 0 Å². The predicted molar refractivity (Wildman–Crippen MR) is 110 cm³/mol. The summed E-state index contributed by atoms with van der Waals surface area (Å²) in [5.41, 5.74) is 5.05. The van der Waals surface area contributed by atoms with E-state index in [1.54, 1.807) is 4.68 Å². The zero-order valence-electron chi connectivity index (χ0n) is 16.5. The summed E-state index contributed by atoms with van der Waals surface area (Å²) in [6.07, 6.45) is 0.806. The Labute approximate surface area is 161 Å². The van der Waals surface area contributed by atoms with Crippen molar-refractivity contribution >= 4 is 5.91 Å². The standard InChI is InChI=1S/C23H27N3O/c1-23(2,3)19-12-10-18(11-13-19)21-16-20(25-26(21)4)22(27)24-15-14-17-8-6-5-7-9-17/h5-13,16H,14-15H2,1-4H3,(H,24,27). The minimum absolute atomic E-state index is 0.120. The van der Waals surface area contributed by atoms with Crippen molar-refractivity contribution in [2.75, 3.05) is 6.54 Å². The van der Waals surface area contributed by atoms with Crippen LogP contribution in [-0.4, -0.2) is 22.2 Å². The average Bonchev–Trinajstić information content (AvgIpc) is 3.04. The van der Waals surface area contributed by atoms with Gasteiger partial charge in [0.15, 0.2) is 5.69 Å². The van der Waals surface area contributed by atoms with Gasteiger partial charge in [-0.3, -0.25) is 9.48 Å². The minimum Gasteiger partial charge on any atom is -0.350 e. The zero-order valence-corrected chi connectivity index (χ0v) is 16.5. The summed E-state index contributed by atoms with van der Waals surface area (Å²) < 4.78 is 1.76. The molecule has 3 rings (SSSR count). The van der Waals surface area contributed by atoms with Gasteiger partial charge < -0.3 is 5.32 Å². The molecule has 0 saturated carbocycles. The Hall–Kier alpha value is -2.88. The van der Waals surface area contributed by atoms with Gasteiger partial charge in [0.2, 0.25) is 0 Å². The molecule has 0 aliphatic heterocycles. The van der Waals surface area contributed by atoms with Gasteiger partial charge in [0.25, 0.3) is 5.91 Å². The fourth-order valence-electron chi connectivity index (χ4n) is 3.04. The van der Waals surface area contributed by atoms with Crippen LogP contribution >= 0.6 is 0 Å². The Morgan fingerprint density at radius 2 is 1.70 bits per heavy atom. The van der Waals surface area contributed by atoms with Crippen molar-refractivity contribution in [3.8, 4) is 11.3 Å². The average molecular weight is 361 g/mol. The van der Waals surface area contributed by atoms with E-state index in [-0.39, 0.29) is 11.3 Å². The van der Waals surface area contributed by atoms with Crippen LogP contribution < -0.4 is 5.32 Å². The fraction of sp³-hybridized carbons (Fsp3) is 0.304. The van der Waals surface area contributed by atoms with Crippen LogP contribution in [0.2, 0.25) is 0 Å². The molecule has 1 heterocycles. The second kappa shape index (κ2) is 7.78. The van der Waals surface area contributed by atoms with Crippen LogP contribution in [0.3, 0.4) is 0 Å². The summed E-state index contributed by atoms with van der Waals surface area (Å²) in [5, 5.41) is 7.34. The van der Waals surface area contributed by atoms with Gasteiger partial charge in [0.05, 0.1) is 5.69 Å².